The quantitative estimate of drug-likeness (QED) is 0.614. The van der Waals surface area contributed by atoms with Crippen LogP contribution in [0.3, 0.4) is 0 Å². The first-order valence-corrected chi connectivity index (χ1v) is 5.94. The molecule has 2 aromatic heterocycles. The number of nitrogen functional groups attached to an aromatic ring is 1. The molecule has 94 valence electrons. The van der Waals surface area contributed by atoms with Crippen molar-refractivity contribution in [3.63, 3.8) is 0 Å². The van der Waals surface area contributed by atoms with E-state index in [0.717, 1.165) is 11.6 Å². The van der Waals surface area contributed by atoms with E-state index in [1.54, 1.807) is 18.7 Å². The highest BCUT2D eigenvalue weighted by molar-refractivity contribution is 5.45. The predicted octanol–water partition coefficient (Wildman–Crippen LogP) is 1.52. The molecule has 0 atom stereocenters. The molecule has 2 heterocycles. The van der Waals surface area contributed by atoms with Gasteiger partial charge in [-0.25, -0.2) is 10.8 Å². The van der Waals surface area contributed by atoms with Crippen LogP contribution in [0.1, 0.15) is 18.6 Å². The highest BCUT2D eigenvalue weighted by atomic mass is 16.3. The van der Waals surface area contributed by atoms with Crippen molar-refractivity contribution in [2.45, 2.75) is 25.4 Å². The van der Waals surface area contributed by atoms with Crippen molar-refractivity contribution in [3.8, 4) is 0 Å². The Labute approximate surface area is 105 Å². The van der Waals surface area contributed by atoms with Gasteiger partial charge in [-0.15, -0.1) is 0 Å². The largest absolute Gasteiger partial charge is 0.467 e. The molecule has 18 heavy (non-hydrogen) atoms. The van der Waals surface area contributed by atoms with Gasteiger partial charge in [-0.05, 0) is 25.0 Å². The molecule has 6 heteroatoms. The third-order valence-electron chi connectivity index (χ3n) is 2.96. The van der Waals surface area contributed by atoms with Crippen LogP contribution in [-0.4, -0.2) is 16.0 Å². The molecular weight excluding hydrogens is 230 g/mol. The van der Waals surface area contributed by atoms with Crippen molar-refractivity contribution >= 4 is 11.6 Å². The molecule has 1 fully saturated rings. The Morgan fingerprint density at radius 1 is 1.44 bits per heavy atom. The summed E-state index contributed by atoms with van der Waals surface area (Å²) in [4.78, 5) is 10.8. The van der Waals surface area contributed by atoms with Crippen LogP contribution in [0.25, 0.3) is 0 Å². The lowest BCUT2D eigenvalue weighted by Crippen LogP contribution is -2.26. The van der Waals surface area contributed by atoms with Crippen molar-refractivity contribution in [1.82, 2.24) is 9.97 Å². The van der Waals surface area contributed by atoms with E-state index in [9.17, 15) is 0 Å². The summed E-state index contributed by atoms with van der Waals surface area (Å²) >= 11 is 0. The van der Waals surface area contributed by atoms with Crippen molar-refractivity contribution in [1.29, 1.82) is 0 Å². The molecule has 2 aromatic rings. The third-order valence-corrected chi connectivity index (χ3v) is 2.96. The average molecular weight is 245 g/mol. The molecule has 1 saturated carbocycles. The Hall–Kier alpha value is -2.08. The molecule has 6 nitrogen and oxygen atoms in total. The van der Waals surface area contributed by atoms with Gasteiger partial charge in [0.25, 0.3) is 0 Å². The van der Waals surface area contributed by atoms with E-state index >= 15 is 0 Å². The number of furan rings is 1. The molecule has 0 aliphatic heterocycles. The number of rotatable bonds is 5. The molecule has 3 rings (SSSR count). The summed E-state index contributed by atoms with van der Waals surface area (Å²) in [6, 6.07) is 4.38. The highest BCUT2D eigenvalue weighted by Crippen LogP contribution is 2.32. The molecule has 0 bridgehead atoms. The first-order chi connectivity index (χ1) is 8.86. The summed E-state index contributed by atoms with van der Waals surface area (Å²) in [5.74, 6) is 7.67. The fraction of sp³-hybridized carbons (Fsp3) is 0.333. The predicted molar refractivity (Wildman–Crippen MR) is 67.8 cm³/mol. The van der Waals surface area contributed by atoms with E-state index in [2.05, 4.69) is 20.3 Å². The minimum atomic E-state index is 0.525. The highest BCUT2D eigenvalue weighted by Gasteiger charge is 2.30. The van der Waals surface area contributed by atoms with E-state index in [0.29, 0.717) is 18.4 Å². The van der Waals surface area contributed by atoms with Crippen LogP contribution in [0.2, 0.25) is 0 Å². The molecule has 3 N–H and O–H groups in total. The monoisotopic (exact) mass is 245 g/mol. The number of hydrazine groups is 1. The van der Waals surface area contributed by atoms with Gasteiger partial charge in [0.2, 0.25) is 0 Å². The van der Waals surface area contributed by atoms with Crippen LogP contribution < -0.4 is 16.2 Å². The maximum atomic E-state index is 5.39. The first kappa shape index (κ1) is 11.0. The second kappa shape index (κ2) is 4.66. The number of nitrogens with one attached hydrogen (secondary N) is 1. The smallest absolute Gasteiger partial charge is 0.160 e. The standard InChI is InChI=1S/C12H15N5O/c13-16-11-6-14-7-12(15-11)17(9-3-4-9)8-10-2-1-5-18-10/h1-2,5-7,9H,3-4,8,13H2,(H,15,16). The summed E-state index contributed by atoms with van der Waals surface area (Å²) < 4.78 is 5.39. The third kappa shape index (κ3) is 2.28. The van der Waals surface area contributed by atoms with Gasteiger partial charge >= 0.3 is 0 Å². The van der Waals surface area contributed by atoms with Gasteiger partial charge in [0, 0.05) is 6.04 Å². The number of nitrogens with two attached hydrogens (primary N) is 1. The molecule has 0 unspecified atom stereocenters. The zero-order valence-electron chi connectivity index (χ0n) is 9.91. The SMILES string of the molecule is NNc1cncc(N(Cc2ccco2)C2CC2)n1. The van der Waals surface area contributed by atoms with Crippen molar-refractivity contribution in [2.24, 2.45) is 5.84 Å². The second-order valence-corrected chi connectivity index (χ2v) is 4.35. The van der Waals surface area contributed by atoms with Crippen LogP contribution in [0, 0.1) is 0 Å². The van der Waals surface area contributed by atoms with E-state index in [1.807, 2.05) is 12.1 Å². The van der Waals surface area contributed by atoms with Crippen molar-refractivity contribution < 1.29 is 4.42 Å². The molecular formula is C12H15N5O. The molecule has 0 radical (unpaired) electrons. The second-order valence-electron chi connectivity index (χ2n) is 4.35. The molecule has 1 aliphatic carbocycles. The van der Waals surface area contributed by atoms with Crippen LogP contribution in [-0.2, 0) is 6.54 Å². The summed E-state index contributed by atoms with van der Waals surface area (Å²) in [6.07, 6.45) is 7.40. The molecule has 0 spiro atoms. The van der Waals surface area contributed by atoms with E-state index in [-0.39, 0.29) is 0 Å². The Balaban J connectivity index is 1.84. The average Bonchev–Trinajstić information content (AvgIpc) is 3.13. The van der Waals surface area contributed by atoms with Crippen LogP contribution in [0.5, 0.6) is 0 Å². The fourth-order valence-electron chi connectivity index (χ4n) is 1.92. The molecule has 0 saturated heterocycles. The number of anilines is 2. The lowest BCUT2D eigenvalue weighted by molar-refractivity contribution is 0.500. The van der Waals surface area contributed by atoms with Gasteiger partial charge in [0.15, 0.2) is 5.82 Å². The fourth-order valence-corrected chi connectivity index (χ4v) is 1.92. The van der Waals surface area contributed by atoms with Crippen molar-refractivity contribution in [3.05, 3.63) is 36.5 Å². The van der Waals surface area contributed by atoms with Crippen LogP contribution in [0.15, 0.2) is 35.2 Å². The zero-order chi connectivity index (χ0) is 12.4. The van der Waals surface area contributed by atoms with Crippen LogP contribution >= 0.6 is 0 Å². The van der Waals surface area contributed by atoms with E-state index in [1.165, 1.54) is 12.8 Å². The van der Waals surface area contributed by atoms with E-state index in [4.69, 9.17) is 10.3 Å². The Morgan fingerprint density at radius 3 is 3.00 bits per heavy atom. The maximum Gasteiger partial charge on any atom is 0.160 e. The van der Waals surface area contributed by atoms with Crippen molar-refractivity contribution in [2.75, 3.05) is 10.3 Å². The van der Waals surface area contributed by atoms with Gasteiger partial charge < -0.3 is 14.7 Å². The Morgan fingerprint density at radius 2 is 2.33 bits per heavy atom. The summed E-state index contributed by atoms with van der Waals surface area (Å²) in [7, 11) is 0. The topological polar surface area (TPSA) is 80.2 Å². The summed E-state index contributed by atoms with van der Waals surface area (Å²) in [5.41, 5.74) is 2.52. The number of hydrogen-bond acceptors (Lipinski definition) is 6. The number of aromatic nitrogens is 2. The van der Waals surface area contributed by atoms with Gasteiger partial charge in [0.1, 0.15) is 11.6 Å². The van der Waals surface area contributed by atoms with Gasteiger partial charge in [-0.3, -0.25) is 4.98 Å². The molecule has 0 amide bonds. The zero-order valence-corrected chi connectivity index (χ0v) is 9.91. The summed E-state index contributed by atoms with van der Waals surface area (Å²) in [6.45, 7) is 0.709. The lowest BCUT2D eigenvalue weighted by Gasteiger charge is -2.22. The van der Waals surface area contributed by atoms with Gasteiger partial charge in [0.05, 0.1) is 25.2 Å². The number of nitrogens with zero attached hydrogens (tertiary/aromatic N) is 3. The van der Waals surface area contributed by atoms with Gasteiger partial charge in [-0.2, -0.15) is 0 Å². The Kier molecular flexibility index (Phi) is 2.85. The normalized spacial score (nSPS) is 14.5. The van der Waals surface area contributed by atoms with Crippen LogP contribution in [0.4, 0.5) is 11.6 Å². The maximum absolute atomic E-state index is 5.39. The minimum Gasteiger partial charge on any atom is -0.467 e. The summed E-state index contributed by atoms with van der Waals surface area (Å²) in [5, 5.41) is 0. The Bertz CT molecular complexity index is 509. The lowest BCUT2D eigenvalue weighted by atomic mass is 10.3. The van der Waals surface area contributed by atoms with E-state index < -0.39 is 0 Å². The minimum absolute atomic E-state index is 0.525. The molecule has 0 aromatic carbocycles. The number of hydrogen-bond donors (Lipinski definition) is 2. The molecule has 1 aliphatic rings. The first-order valence-electron chi connectivity index (χ1n) is 5.94. The van der Waals surface area contributed by atoms with Gasteiger partial charge in [-0.1, -0.05) is 0 Å².